The first kappa shape index (κ1) is 22.4. The van der Waals surface area contributed by atoms with Crippen LogP contribution in [0.5, 0.6) is 5.75 Å². The average molecular weight is 453 g/mol. The molecule has 0 saturated carbocycles. The number of para-hydroxylation sites is 1. The fourth-order valence-electron chi connectivity index (χ4n) is 3.35. The number of imidazole rings is 1. The lowest BCUT2D eigenvalue weighted by Crippen LogP contribution is -2.21. The summed E-state index contributed by atoms with van der Waals surface area (Å²) in [6.07, 6.45) is -3.67. The average Bonchev–Trinajstić information content (AvgIpc) is 3.27. The van der Waals surface area contributed by atoms with Crippen molar-refractivity contribution >= 4 is 22.6 Å². The molecule has 0 saturated heterocycles. The maximum absolute atomic E-state index is 13.4. The van der Waals surface area contributed by atoms with E-state index in [2.05, 4.69) is 15.3 Å². The van der Waals surface area contributed by atoms with Crippen molar-refractivity contribution in [1.29, 1.82) is 0 Å². The number of ether oxygens (including phenoxy) is 1. The predicted molar refractivity (Wildman–Crippen MR) is 119 cm³/mol. The third-order valence-electron chi connectivity index (χ3n) is 4.95. The summed E-state index contributed by atoms with van der Waals surface area (Å²) in [5.41, 5.74) is 1.73. The molecule has 1 aromatic heterocycles. The number of benzene rings is 3. The van der Waals surface area contributed by atoms with E-state index in [0.717, 1.165) is 0 Å². The lowest BCUT2D eigenvalue weighted by Gasteiger charge is -2.11. The van der Waals surface area contributed by atoms with Crippen molar-refractivity contribution in [3.05, 3.63) is 77.9 Å². The highest BCUT2D eigenvalue weighted by Crippen LogP contribution is 2.31. The van der Waals surface area contributed by atoms with Gasteiger partial charge in [0.1, 0.15) is 29.8 Å². The largest absolute Gasteiger partial charge is 0.491 e. The first-order valence-corrected chi connectivity index (χ1v) is 10.2. The minimum absolute atomic E-state index is 0.0939. The van der Waals surface area contributed by atoms with Gasteiger partial charge in [-0.25, -0.2) is 13.8 Å². The van der Waals surface area contributed by atoms with Crippen molar-refractivity contribution in [1.82, 2.24) is 9.97 Å². The molecule has 0 aliphatic heterocycles. The molecular weight excluding hydrogens is 432 g/mol. The molecule has 1 atom stereocenters. The number of fused-ring (bicyclic) bond motifs is 1. The van der Waals surface area contributed by atoms with E-state index in [-0.39, 0.29) is 29.1 Å². The molecule has 1 amide bonds. The summed E-state index contributed by atoms with van der Waals surface area (Å²) >= 11 is 0. The number of carbonyl (C=O) groups excluding carboxylic acids is 1. The van der Waals surface area contributed by atoms with Gasteiger partial charge in [-0.3, -0.25) is 4.79 Å². The summed E-state index contributed by atoms with van der Waals surface area (Å²) in [7, 11) is 0. The van der Waals surface area contributed by atoms with Gasteiger partial charge in [-0.05, 0) is 24.3 Å². The second-order valence-corrected chi connectivity index (χ2v) is 7.30. The van der Waals surface area contributed by atoms with E-state index in [1.165, 1.54) is 12.1 Å². The SMILES string of the molecule is O=C(Nc1cccc(OCC(O)CO)c1)c1cccc2[nH]c(-c3ccccc3C(F)F)nc12. The van der Waals surface area contributed by atoms with Gasteiger partial charge in [0.2, 0.25) is 0 Å². The van der Waals surface area contributed by atoms with Gasteiger partial charge in [0.15, 0.2) is 0 Å². The third kappa shape index (κ3) is 5.00. The number of halogens is 2. The number of rotatable bonds is 8. The number of aliphatic hydroxyl groups excluding tert-OH is 2. The lowest BCUT2D eigenvalue weighted by molar-refractivity contribution is 0.0536. The first-order valence-electron chi connectivity index (χ1n) is 10.2. The Morgan fingerprint density at radius 2 is 1.88 bits per heavy atom. The Morgan fingerprint density at radius 3 is 2.67 bits per heavy atom. The Balaban J connectivity index is 1.60. The van der Waals surface area contributed by atoms with Crippen LogP contribution in [0.4, 0.5) is 14.5 Å². The zero-order valence-electron chi connectivity index (χ0n) is 17.3. The van der Waals surface area contributed by atoms with Crippen molar-refractivity contribution in [2.45, 2.75) is 12.5 Å². The summed E-state index contributed by atoms with van der Waals surface area (Å²) in [4.78, 5) is 20.4. The maximum Gasteiger partial charge on any atom is 0.264 e. The third-order valence-corrected chi connectivity index (χ3v) is 4.95. The molecule has 0 fully saturated rings. The van der Waals surface area contributed by atoms with Gasteiger partial charge in [-0.15, -0.1) is 0 Å². The maximum atomic E-state index is 13.4. The number of nitrogens with one attached hydrogen (secondary N) is 2. The number of H-pyrrole nitrogens is 1. The predicted octanol–water partition coefficient (Wildman–Crippen LogP) is 4.15. The second-order valence-electron chi connectivity index (χ2n) is 7.30. The molecule has 4 N–H and O–H groups in total. The summed E-state index contributed by atoms with van der Waals surface area (Å²) < 4.78 is 32.3. The number of anilines is 1. The van der Waals surface area contributed by atoms with Crippen molar-refractivity contribution in [3.63, 3.8) is 0 Å². The second kappa shape index (κ2) is 9.76. The van der Waals surface area contributed by atoms with Gasteiger partial charge < -0.3 is 25.3 Å². The molecule has 4 rings (SSSR count). The van der Waals surface area contributed by atoms with E-state index in [0.29, 0.717) is 22.5 Å². The number of carbonyl (C=O) groups is 1. The Kier molecular flexibility index (Phi) is 6.62. The summed E-state index contributed by atoms with van der Waals surface area (Å²) in [5, 5.41) is 21.1. The van der Waals surface area contributed by atoms with E-state index in [9.17, 15) is 18.7 Å². The van der Waals surface area contributed by atoms with Gasteiger partial charge in [-0.2, -0.15) is 0 Å². The van der Waals surface area contributed by atoms with E-state index in [1.807, 2.05) is 0 Å². The molecule has 170 valence electrons. The number of alkyl halides is 2. The van der Waals surface area contributed by atoms with Crippen LogP contribution in [0.3, 0.4) is 0 Å². The highest BCUT2D eigenvalue weighted by Gasteiger charge is 2.19. The van der Waals surface area contributed by atoms with Crippen LogP contribution in [0.2, 0.25) is 0 Å². The molecule has 1 unspecified atom stereocenters. The molecule has 0 spiro atoms. The Labute approximate surface area is 187 Å². The minimum Gasteiger partial charge on any atom is -0.491 e. The van der Waals surface area contributed by atoms with Gasteiger partial charge in [0.25, 0.3) is 12.3 Å². The van der Waals surface area contributed by atoms with E-state index in [1.54, 1.807) is 54.6 Å². The van der Waals surface area contributed by atoms with E-state index in [4.69, 9.17) is 9.84 Å². The van der Waals surface area contributed by atoms with Gasteiger partial charge in [0.05, 0.1) is 17.7 Å². The molecule has 9 heteroatoms. The molecule has 0 bridgehead atoms. The number of aromatic nitrogens is 2. The molecule has 3 aromatic carbocycles. The van der Waals surface area contributed by atoms with E-state index < -0.39 is 25.0 Å². The zero-order valence-corrected chi connectivity index (χ0v) is 17.3. The Bertz CT molecular complexity index is 1280. The normalized spacial score (nSPS) is 12.2. The summed E-state index contributed by atoms with van der Waals surface area (Å²) in [6, 6.07) is 17.6. The molecule has 33 heavy (non-hydrogen) atoms. The van der Waals surface area contributed by atoms with Crippen molar-refractivity contribution in [3.8, 4) is 17.1 Å². The highest BCUT2D eigenvalue weighted by molar-refractivity contribution is 6.11. The van der Waals surface area contributed by atoms with Crippen LogP contribution in [0.25, 0.3) is 22.4 Å². The van der Waals surface area contributed by atoms with Crippen LogP contribution >= 0.6 is 0 Å². The smallest absolute Gasteiger partial charge is 0.264 e. The lowest BCUT2D eigenvalue weighted by atomic mass is 10.1. The standard InChI is InChI=1S/C24H21F2N3O4/c25-22(26)17-7-1-2-8-18(17)23-28-20-10-4-9-19(21(20)29-23)24(32)27-14-5-3-6-16(11-14)33-13-15(31)12-30/h1-11,15,22,30-31H,12-13H2,(H,27,32)(H,28,29). The van der Waals surface area contributed by atoms with Crippen LogP contribution < -0.4 is 10.1 Å². The van der Waals surface area contributed by atoms with Crippen molar-refractivity contribution in [2.24, 2.45) is 0 Å². The van der Waals surface area contributed by atoms with Crippen LogP contribution in [-0.2, 0) is 0 Å². The number of amides is 1. The van der Waals surface area contributed by atoms with Gasteiger partial charge in [0, 0.05) is 22.9 Å². The van der Waals surface area contributed by atoms with Crippen LogP contribution in [0.1, 0.15) is 22.3 Å². The quantitative estimate of drug-likeness (QED) is 0.321. The van der Waals surface area contributed by atoms with E-state index >= 15 is 0 Å². The summed E-state index contributed by atoms with van der Waals surface area (Å²) in [6.45, 7) is -0.517. The number of nitrogens with zero attached hydrogens (tertiary/aromatic N) is 1. The molecule has 4 aromatic rings. The van der Waals surface area contributed by atoms with Crippen LogP contribution in [-0.4, -0.2) is 45.4 Å². The first-order chi connectivity index (χ1) is 16.0. The fraction of sp³-hybridized carbons (Fsp3) is 0.167. The van der Waals surface area contributed by atoms with Crippen molar-refractivity contribution in [2.75, 3.05) is 18.5 Å². The van der Waals surface area contributed by atoms with Gasteiger partial charge in [-0.1, -0.05) is 36.4 Å². The molecule has 1 heterocycles. The number of hydrogen-bond donors (Lipinski definition) is 4. The molecule has 0 aliphatic carbocycles. The zero-order chi connectivity index (χ0) is 23.4. The Hall–Kier alpha value is -3.82. The minimum atomic E-state index is -2.66. The topological polar surface area (TPSA) is 107 Å². The van der Waals surface area contributed by atoms with Gasteiger partial charge >= 0.3 is 0 Å². The van der Waals surface area contributed by atoms with Crippen LogP contribution in [0, 0.1) is 0 Å². The number of aromatic amines is 1. The highest BCUT2D eigenvalue weighted by atomic mass is 19.3. The molecule has 0 radical (unpaired) electrons. The fourth-order valence-corrected chi connectivity index (χ4v) is 3.35. The molecule has 0 aliphatic rings. The number of hydrogen-bond acceptors (Lipinski definition) is 5. The number of aliphatic hydroxyl groups is 2. The van der Waals surface area contributed by atoms with Crippen molar-refractivity contribution < 1.29 is 28.5 Å². The molecule has 7 nitrogen and oxygen atoms in total. The monoisotopic (exact) mass is 453 g/mol. The molecular formula is C24H21F2N3O4. The Morgan fingerprint density at radius 1 is 1.09 bits per heavy atom. The summed E-state index contributed by atoms with van der Waals surface area (Å²) in [5.74, 6) is 0.219. The van der Waals surface area contributed by atoms with Crippen LogP contribution in [0.15, 0.2) is 66.7 Å².